The smallest absolute Gasteiger partial charge is 0.290 e. The van der Waals surface area contributed by atoms with Gasteiger partial charge in [0.2, 0.25) is 11.8 Å². The number of nitrogens with one attached hydrogen (secondary N) is 2. The van der Waals surface area contributed by atoms with Gasteiger partial charge in [-0.25, -0.2) is 4.68 Å². The standard InChI is InChI=1S/C16H14N6OS/c1-17-15(23)14-20-16-19-12(10-3-2-5-18-8-10)7-13(22(16)21-14)11-4-6-24-9-11/h2-9,13H,1H3,(H,17,23)(H,19,20,21)/t13-/m1/s1. The highest BCUT2D eigenvalue weighted by Gasteiger charge is 2.27. The number of carbonyl (C=O) groups excluding carboxylic acids is 1. The SMILES string of the molecule is CNC(=O)c1nc2n(n1)[C@@H](c1ccsc1)C=C(c1cccnc1)N2. The quantitative estimate of drug-likeness (QED) is 0.764. The average molecular weight is 338 g/mol. The van der Waals surface area contributed by atoms with Crippen LogP contribution in [-0.2, 0) is 0 Å². The summed E-state index contributed by atoms with van der Waals surface area (Å²) in [7, 11) is 1.56. The summed E-state index contributed by atoms with van der Waals surface area (Å²) in [5.74, 6) is 0.359. The van der Waals surface area contributed by atoms with Crippen LogP contribution in [0.2, 0.25) is 0 Å². The van der Waals surface area contributed by atoms with Gasteiger partial charge in [-0.3, -0.25) is 9.78 Å². The number of aromatic nitrogens is 4. The van der Waals surface area contributed by atoms with Gasteiger partial charge in [0.1, 0.15) is 6.04 Å². The molecule has 0 bridgehead atoms. The van der Waals surface area contributed by atoms with E-state index in [-0.39, 0.29) is 17.8 Å². The van der Waals surface area contributed by atoms with Crippen molar-refractivity contribution in [2.24, 2.45) is 0 Å². The number of nitrogens with zero attached hydrogens (tertiary/aromatic N) is 4. The van der Waals surface area contributed by atoms with Gasteiger partial charge in [-0.2, -0.15) is 16.3 Å². The Morgan fingerprint density at radius 1 is 1.42 bits per heavy atom. The Morgan fingerprint density at radius 3 is 3.04 bits per heavy atom. The van der Waals surface area contributed by atoms with E-state index >= 15 is 0 Å². The van der Waals surface area contributed by atoms with Crippen LogP contribution in [0.1, 0.15) is 27.8 Å². The van der Waals surface area contributed by atoms with Crippen molar-refractivity contribution in [1.29, 1.82) is 0 Å². The molecule has 4 heterocycles. The van der Waals surface area contributed by atoms with Crippen LogP contribution in [0.3, 0.4) is 0 Å². The van der Waals surface area contributed by atoms with Crippen molar-refractivity contribution in [1.82, 2.24) is 25.1 Å². The van der Waals surface area contributed by atoms with Crippen LogP contribution in [-0.4, -0.2) is 32.7 Å². The molecule has 0 spiro atoms. The predicted molar refractivity (Wildman–Crippen MR) is 91.7 cm³/mol. The van der Waals surface area contributed by atoms with Crippen molar-refractivity contribution in [3.63, 3.8) is 0 Å². The first-order valence-electron chi connectivity index (χ1n) is 7.36. The molecule has 24 heavy (non-hydrogen) atoms. The maximum absolute atomic E-state index is 11.9. The van der Waals surface area contributed by atoms with Gasteiger partial charge >= 0.3 is 0 Å². The number of allylic oxidation sites excluding steroid dienone is 1. The van der Waals surface area contributed by atoms with Gasteiger partial charge < -0.3 is 10.6 Å². The van der Waals surface area contributed by atoms with Crippen molar-refractivity contribution in [3.05, 3.63) is 64.4 Å². The second-order valence-corrected chi connectivity index (χ2v) is 6.01. The van der Waals surface area contributed by atoms with Crippen molar-refractivity contribution in [2.75, 3.05) is 12.4 Å². The van der Waals surface area contributed by atoms with E-state index in [0.29, 0.717) is 5.95 Å². The third-order valence-corrected chi connectivity index (χ3v) is 4.45. The molecule has 3 aromatic rings. The van der Waals surface area contributed by atoms with E-state index in [1.54, 1.807) is 35.5 Å². The third-order valence-electron chi connectivity index (χ3n) is 3.75. The summed E-state index contributed by atoms with van der Waals surface area (Å²) in [5, 5.41) is 14.2. The van der Waals surface area contributed by atoms with Gasteiger partial charge in [-0.1, -0.05) is 0 Å². The molecule has 0 saturated heterocycles. The summed E-state index contributed by atoms with van der Waals surface area (Å²) in [6.45, 7) is 0. The molecule has 1 aliphatic rings. The largest absolute Gasteiger partial charge is 0.352 e. The van der Waals surface area contributed by atoms with E-state index in [4.69, 9.17) is 0 Å². The summed E-state index contributed by atoms with van der Waals surface area (Å²) in [6.07, 6.45) is 5.58. The Bertz CT molecular complexity index is 900. The first kappa shape index (κ1) is 14.6. The third kappa shape index (κ3) is 2.46. The fourth-order valence-corrected chi connectivity index (χ4v) is 3.26. The molecule has 120 valence electrons. The van der Waals surface area contributed by atoms with Gasteiger partial charge in [-0.15, -0.1) is 5.10 Å². The van der Waals surface area contributed by atoms with Crippen LogP contribution in [0.15, 0.2) is 47.4 Å². The number of rotatable bonds is 3. The fourth-order valence-electron chi connectivity index (χ4n) is 2.57. The maximum atomic E-state index is 11.9. The molecule has 1 atom stereocenters. The molecule has 0 aromatic carbocycles. The number of hydrogen-bond donors (Lipinski definition) is 2. The maximum Gasteiger partial charge on any atom is 0.290 e. The van der Waals surface area contributed by atoms with Gasteiger partial charge in [-0.05, 0) is 40.6 Å². The van der Waals surface area contributed by atoms with E-state index in [9.17, 15) is 4.79 Å². The first-order valence-corrected chi connectivity index (χ1v) is 8.30. The molecule has 0 aliphatic carbocycles. The predicted octanol–water partition coefficient (Wildman–Crippen LogP) is 2.15. The molecular formula is C16H14N6OS. The summed E-state index contributed by atoms with van der Waals surface area (Å²) < 4.78 is 1.73. The van der Waals surface area contributed by atoms with Crippen LogP contribution < -0.4 is 10.6 Å². The van der Waals surface area contributed by atoms with E-state index < -0.39 is 0 Å². The van der Waals surface area contributed by atoms with E-state index in [1.165, 1.54) is 0 Å². The highest BCUT2D eigenvalue weighted by molar-refractivity contribution is 7.08. The second kappa shape index (κ2) is 5.89. The van der Waals surface area contributed by atoms with Crippen molar-refractivity contribution in [2.45, 2.75) is 6.04 Å². The average Bonchev–Trinajstić information content (AvgIpc) is 3.30. The molecule has 0 unspecified atom stereocenters. The zero-order chi connectivity index (χ0) is 16.5. The first-order chi connectivity index (χ1) is 11.8. The molecule has 8 heteroatoms. The van der Waals surface area contributed by atoms with Crippen LogP contribution in [0, 0.1) is 0 Å². The zero-order valence-electron chi connectivity index (χ0n) is 12.8. The highest BCUT2D eigenvalue weighted by Crippen LogP contribution is 2.33. The number of amides is 1. The van der Waals surface area contributed by atoms with Crippen LogP contribution in [0.25, 0.3) is 5.70 Å². The lowest BCUT2D eigenvalue weighted by molar-refractivity contribution is 0.0952. The molecule has 4 rings (SSSR count). The number of fused-ring (bicyclic) bond motifs is 1. The van der Waals surface area contributed by atoms with E-state index in [2.05, 4.69) is 37.2 Å². The summed E-state index contributed by atoms with van der Waals surface area (Å²) >= 11 is 1.62. The Kier molecular flexibility index (Phi) is 3.58. The minimum absolute atomic E-state index is 0.131. The molecule has 1 aliphatic heterocycles. The molecule has 1 amide bonds. The van der Waals surface area contributed by atoms with E-state index in [1.807, 2.05) is 23.6 Å². The Hall–Kier alpha value is -3.00. The Balaban J connectivity index is 1.82. The lowest BCUT2D eigenvalue weighted by atomic mass is 10.1. The van der Waals surface area contributed by atoms with Crippen LogP contribution in [0.5, 0.6) is 0 Å². The summed E-state index contributed by atoms with van der Waals surface area (Å²) in [6, 6.07) is 5.77. The number of pyridine rings is 1. The Labute approximate surface area is 142 Å². The molecule has 0 saturated carbocycles. The Morgan fingerprint density at radius 2 is 2.33 bits per heavy atom. The normalized spacial score (nSPS) is 16.0. The molecule has 7 nitrogen and oxygen atoms in total. The lowest BCUT2D eigenvalue weighted by Gasteiger charge is -2.23. The van der Waals surface area contributed by atoms with Crippen molar-refractivity contribution < 1.29 is 4.79 Å². The minimum atomic E-state index is -0.314. The number of thiophene rings is 1. The van der Waals surface area contributed by atoms with Gasteiger partial charge in [0, 0.05) is 30.7 Å². The molecule has 0 fully saturated rings. The lowest BCUT2D eigenvalue weighted by Crippen LogP contribution is -2.21. The highest BCUT2D eigenvalue weighted by atomic mass is 32.1. The van der Waals surface area contributed by atoms with Gasteiger partial charge in [0.05, 0.1) is 0 Å². The monoisotopic (exact) mass is 338 g/mol. The minimum Gasteiger partial charge on any atom is -0.352 e. The summed E-state index contributed by atoms with van der Waals surface area (Å²) in [5.41, 5.74) is 2.94. The molecule has 3 aromatic heterocycles. The topological polar surface area (TPSA) is 84.7 Å². The molecular weight excluding hydrogens is 324 g/mol. The van der Waals surface area contributed by atoms with Crippen molar-refractivity contribution >= 4 is 28.9 Å². The second-order valence-electron chi connectivity index (χ2n) is 5.23. The van der Waals surface area contributed by atoms with Crippen LogP contribution >= 0.6 is 11.3 Å². The van der Waals surface area contributed by atoms with Gasteiger partial charge in [0.15, 0.2) is 0 Å². The number of hydrogen-bond acceptors (Lipinski definition) is 6. The van der Waals surface area contributed by atoms with Crippen molar-refractivity contribution in [3.8, 4) is 0 Å². The number of carbonyl (C=O) groups is 1. The molecule has 2 N–H and O–H groups in total. The number of anilines is 1. The van der Waals surface area contributed by atoms with Gasteiger partial charge in [0.25, 0.3) is 5.91 Å². The zero-order valence-corrected chi connectivity index (χ0v) is 13.6. The van der Waals surface area contributed by atoms with E-state index in [0.717, 1.165) is 16.8 Å². The van der Waals surface area contributed by atoms with Crippen LogP contribution in [0.4, 0.5) is 5.95 Å². The molecule has 0 radical (unpaired) electrons. The fraction of sp³-hybridized carbons (Fsp3) is 0.125. The summed E-state index contributed by atoms with van der Waals surface area (Å²) in [4.78, 5) is 20.4.